The molecule has 1 aromatic carbocycles. The summed E-state index contributed by atoms with van der Waals surface area (Å²) in [5.41, 5.74) is 6.03. The predicted octanol–water partition coefficient (Wildman–Crippen LogP) is 2.42. The second kappa shape index (κ2) is 5.52. The van der Waals surface area contributed by atoms with E-state index in [4.69, 9.17) is 10.5 Å². The van der Waals surface area contributed by atoms with Gasteiger partial charge in [-0.15, -0.1) is 0 Å². The fraction of sp³-hybridized carbons (Fsp3) is 0.231. The number of hydrogen-bond acceptors (Lipinski definition) is 6. The summed E-state index contributed by atoms with van der Waals surface area (Å²) in [6.45, 7) is 3.84. The molecule has 0 aliphatic heterocycles. The minimum Gasteiger partial charge on any atom is -0.491 e. The highest BCUT2D eigenvalue weighted by Gasteiger charge is 2.21. The van der Waals surface area contributed by atoms with E-state index in [9.17, 15) is 10.1 Å². The summed E-state index contributed by atoms with van der Waals surface area (Å²) in [7, 11) is 0. The third kappa shape index (κ3) is 2.82. The van der Waals surface area contributed by atoms with Gasteiger partial charge in [0, 0.05) is 5.56 Å². The molecule has 7 heteroatoms. The van der Waals surface area contributed by atoms with E-state index >= 15 is 0 Å². The van der Waals surface area contributed by atoms with Crippen LogP contribution in [0.15, 0.2) is 30.6 Å². The average molecular weight is 274 g/mol. The number of anilines is 1. The molecule has 0 saturated heterocycles. The number of ether oxygens (including phenoxy) is 1. The molecule has 0 amide bonds. The molecule has 0 aliphatic rings. The Bertz CT molecular complexity index is 626. The molecular weight excluding hydrogens is 260 g/mol. The third-order valence-electron chi connectivity index (χ3n) is 2.53. The van der Waals surface area contributed by atoms with Crippen LogP contribution in [0.2, 0.25) is 0 Å². The second-order valence-electron chi connectivity index (χ2n) is 4.40. The van der Waals surface area contributed by atoms with Crippen LogP contribution in [0, 0.1) is 10.1 Å². The van der Waals surface area contributed by atoms with Crippen LogP contribution in [-0.2, 0) is 0 Å². The zero-order chi connectivity index (χ0) is 14.7. The standard InChI is InChI=1S/C13H14N4O3/c1-8(2)20-10-5-3-9(4-6-10)11-12(17(18)19)13(14)16-7-15-11/h3-8H,1-2H3,(H2,14,15,16). The van der Waals surface area contributed by atoms with E-state index < -0.39 is 4.92 Å². The molecule has 0 bridgehead atoms. The van der Waals surface area contributed by atoms with E-state index in [1.54, 1.807) is 24.3 Å². The van der Waals surface area contributed by atoms with Gasteiger partial charge in [0.1, 0.15) is 12.1 Å². The van der Waals surface area contributed by atoms with Crippen LogP contribution in [0.5, 0.6) is 5.75 Å². The van der Waals surface area contributed by atoms with Gasteiger partial charge in [0.05, 0.1) is 11.0 Å². The van der Waals surface area contributed by atoms with E-state index in [-0.39, 0.29) is 23.3 Å². The lowest BCUT2D eigenvalue weighted by Gasteiger charge is -2.10. The first-order chi connectivity index (χ1) is 9.49. The highest BCUT2D eigenvalue weighted by atomic mass is 16.6. The first-order valence-corrected chi connectivity index (χ1v) is 6.01. The lowest BCUT2D eigenvalue weighted by molar-refractivity contribution is -0.383. The molecule has 0 fully saturated rings. The van der Waals surface area contributed by atoms with E-state index in [0.29, 0.717) is 11.3 Å². The van der Waals surface area contributed by atoms with Crippen molar-refractivity contribution in [3.63, 3.8) is 0 Å². The van der Waals surface area contributed by atoms with Crippen LogP contribution in [-0.4, -0.2) is 21.0 Å². The molecule has 0 radical (unpaired) electrons. The molecule has 0 atom stereocenters. The van der Waals surface area contributed by atoms with Crippen molar-refractivity contribution in [2.75, 3.05) is 5.73 Å². The average Bonchev–Trinajstić information content (AvgIpc) is 2.38. The largest absolute Gasteiger partial charge is 0.491 e. The van der Waals surface area contributed by atoms with Gasteiger partial charge in [0.25, 0.3) is 0 Å². The molecule has 2 rings (SSSR count). The van der Waals surface area contributed by atoms with Gasteiger partial charge in [-0.1, -0.05) is 0 Å². The molecule has 0 unspecified atom stereocenters. The van der Waals surface area contributed by atoms with Gasteiger partial charge in [-0.25, -0.2) is 9.97 Å². The summed E-state index contributed by atoms with van der Waals surface area (Å²) < 4.78 is 5.52. The Morgan fingerprint density at radius 3 is 2.45 bits per heavy atom. The van der Waals surface area contributed by atoms with Crippen molar-refractivity contribution in [2.24, 2.45) is 0 Å². The number of nitrogen functional groups attached to an aromatic ring is 1. The summed E-state index contributed by atoms with van der Waals surface area (Å²) in [6, 6.07) is 6.87. The third-order valence-corrected chi connectivity index (χ3v) is 2.53. The van der Waals surface area contributed by atoms with Gasteiger partial charge in [0.15, 0.2) is 5.69 Å². The summed E-state index contributed by atoms with van der Waals surface area (Å²) >= 11 is 0. The molecule has 0 aliphatic carbocycles. The Kier molecular flexibility index (Phi) is 3.79. The van der Waals surface area contributed by atoms with Gasteiger partial charge >= 0.3 is 5.69 Å². The van der Waals surface area contributed by atoms with Crippen LogP contribution in [0.3, 0.4) is 0 Å². The van der Waals surface area contributed by atoms with Crippen LogP contribution in [0.4, 0.5) is 11.5 Å². The predicted molar refractivity (Wildman–Crippen MR) is 74.3 cm³/mol. The Morgan fingerprint density at radius 2 is 1.90 bits per heavy atom. The highest BCUT2D eigenvalue weighted by Crippen LogP contribution is 2.31. The van der Waals surface area contributed by atoms with Crippen molar-refractivity contribution in [3.8, 4) is 17.0 Å². The number of hydrogen-bond donors (Lipinski definition) is 1. The quantitative estimate of drug-likeness (QED) is 0.678. The molecule has 104 valence electrons. The van der Waals surface area contributed by atoms with E-state index in [2.05, 4.69) is 9.97 Å². The lowest BCUT2D eigenvalue weighted by Crippen LogP contribution is -2.05. The summed E-state index contributed by atoms with van der Waals surface area (Å²) in [6.07, 6.45) is 1.26. The van der Waals surface area contributed by atoms with Crippen molar-refractivity contribution in [1.82, 2.24) is 9.97 Å². The highest BCUT2D eigenvalue weighted by molar-refractivity contribution is 5.75. The molecule has 1 heterocycles. The van der Waals surface area contributed by atoms with Gasteiger partial charge < -0.3 is 10.5 Å². The fourth-order valence-electron chi connectivity index (χ4n) is 1.75. The molecule has 1 aromatic heterocycles. The minimum absolute atomic E-state index is 0.0601. The van der Waals surface area contributed by atoms with Crippen LogP contribution in [0.25, 0.3) is 11.3 Å². The first-order valence-electron chi connectivity index (χ1n) is 6.01. The van der Waals surface area contributed by atoms with Gasteiger partial charge in [-0.3, -0.25) is 10.1 Å². The van der Waals surface area contributed by atoms with E-state index in [0.717, 1.165) is 0 Å². The first kappa shape index (κ1) is 13.7. The Labute approximate surface area is 115 Å². The smallest absolute Gasteiger partial charge is 0.337 e. The molecule has 0 saturated carbocycles. The van der Waals surface area contributed by atoms with Crippen molar-refractivity contribution in [3.05, 3.63) is 40.7 Å². The van der Waals surface area contributed by atoms with Crippen LogP contribution >= 0.6 is 0 Å². The summed E-state index contributed by atoms with van der Waals surface area (Å²) in [5, 5.41) is 11.0. The molecular formula is C13H14N4O3. The van der Waals surface area contributed by atoms with Crippen LogP contribution in [0.1, 0.15) is 13.8 Å². The lowest BCUT2D eigenvalue weighted by atomic mass is 10.1. The van der Waals surface area contributed by atoms with Gasteiger partial charge in [-0.05, 0) is 38.1 Å². The van der Waals surface area contributed by atoms with Gasteiger partial charge in [0.2, 0.25) is 5.82 Å². The monoisotopic (exact) mass is 274 g/mol. The zero-order valence-electron chi connectivity index (χ0n) is 11.1. The minimum atomic E-state index is -0.580. The normalized spacial score (nSPS) is 10.6. The molecule has 7 nitrogen and oxygen atoms in total. The Hall–Kier alpha value is -2.70. The summed E-state index contributed by atoms with van der Waals surface area (Å²) in [4.78, 5) is 18.1. The van der Waals surface area contributed by atoms with Crippen molar-refractivity contribution in [2.45, 2.75) is 20.0 Å². The molecule has 2 aromatic rings. The van der Waals surface area contributed by atoms with Crippen LogP contribution < -0.4 is 10.5 Å². The maximum absolute atomic E-state index is 11.0. The molecule has 0 spiro atoms. The number of nitrogens with zero attached hydrogens (tertiary/aromatic N) is 3. The summed E-state index contributed by atoms with van der Waals surface area (Å²) in [5.74, 6) is 0.538. The number of benzene rings is 1. The zero-order valence-corrected chi connectivity index (χ0v) is 11.1. The molecule has 2 N–H and O–H groups in total. The maximum atomic E-state index is 11.0. The number of rotatable bonds is 4. The number of aromatic nitrogens is 2. The van der Waals surface area contributed by atoms with E-state index in [1.807, 2.05) is 13.8 Å². The fourth-order valence-corrected chi connectivity index (χ4v) is 1.75. The topological polar surface area (TPSA) is 104 Å². The second-order valence-corrected chi connectivity index (χ2v) is 4.40. The Morgan fingerprint density at radius 1 is 1.25 bits per heavy atom. The SMILES string of the molecule is CC(C)Oc1ccc(-c2ncnc(N)c2[N+](=O)[O-])cc1. The number of nitrogens with two attached hydrogens (primary N) is 1. The van der Waals surface area contributed by atoms with Gasteiger partial charge in [-0.2, -0.15) is 0 Å². The Balaban J connectivity index is 2.42. The van der Waals surface area contributed by atoms with Crippen molar-refractivity contribution in [1.29, 1.82) is 0 Å². The van der Waals surface area contributed by atoms with E-state index in [1.165, 1.54) is 6.33 Å². The molecule has 20 heavy (non-hydrogen) atoms. The maximum Gasteiger partial charge on any atom is 0.337 e. The number of nitro groups is 1. The van der Waals surface area contributed by atoms with Crippen molar-refractivity contribution >= 4 is 11.5 Å². The van der Waals surface area contributed by atoms with Crippen molar-refractivity contribution < 1.29 is 9.66 Å².